The number of ether oxygens (including phenoxy) is 4. The van der Waals surface area contributed by atoms with E-state index in [4.69, 9.17) is 18.9 Å². The number of nitrogens with zero attached hydrogens (tertiary/aromatic N) is 2. The number of nitrogens with one attached hydrogen (secondary N) is 3. The summed E-state index contributed by atoms with van der Waals surface area (Å²) in [6.07, 6.45) is 2.94. The van der Waals surface area contributed by atoms with Crippen LogP contribution < -0.4 is 29.6 Å². The van der Waals surface area contributed by atoms with Gasteiger partial charge in [0.05, 0.1) is 32.3 Å². The maximum Gasteiger partial charge on any atom is 0.258 e. The van der Waals surface area contributed by atoms with Gasteiger partial charge in [0, 0.05) is 49.9 Å². The van der Waals surface area contributed by atoms with Crippen LogP contribution in [0.2, 0.25) is 0 Å². The molecule has 1 aromatic heterocycles. The largest absolute Gasteiger partial charge is 0.496 e. The van der Waals surface area contributed by atoms with Crippen molar-refractivity contribution in [2.75, 3.05) is 33.9 Å². The van der Waals surface area contributed by atoms with Gasteiger partial charge in [-0.15, -0.1) is 0 Å². The number of hydrogen-bond donors (Lipinski definition) is 3. The number of likely N-dealkylation sites (tertiary alicyclic amines) is 1. The zero-order valence-electron chi connectivity index (χ0n) is 23.7. The second kappa shape index (κ2) is 12.9. The van der Waals surface area contributed by atoms with Crippen LogP contribution in [0.3, 0.4) is 0 Å². The van der Waals surface area contributed by atoms with E-state index in [1.54, 1.807) is 26.6 Å². The highest BCUT2D eigenvalue weighted by Gasteiger charge is 2.33. The van der Waals surface area contributed by atoms with E-state index >= 15 is 0 Å². The Hall–Kier alpha value is -4.25. The van der Waals surface area contributed by atoms with E-state index in [9.17, 15) is 9.59 Å². The molecule has 0 radical (unpaired) electrons. The number of aromatic nitrogens is 2. The van der Waals surface area contributed by atoms with Crippen LogP contribution in [0.1, 0.15) is 35.4 Å². The predicted octanol–water partition coefficient (Wildman–Crippen LogP) is 2.51. The molecule has 4 heterocycles. The smallest absolute Gasteiger partial charge is 0.258 e. The second-order valence-electron chi connectivity index (χ2n) is 10.4. The van der Waals surface area contributed by atoms with Gasteiger partial charge in [0.25, 0.3) is 5.91 Å². The van der Waals surface area contributed by atoms with Gasteiger partial charge in [0.1, 0.15) is 17.6 Å². The summed E-state index contributed by atoms with van der Waals surface area (Å²) in [7, 11) is 3.15. The van der Waals surface area contributed by atoms with E-state index in [0.29, 0.717) is 61.9 Å². The Bertz CT molecular complexity index is 1380. The SMILES string of the molecule is COc1cc2ccc1CNC(=O)CCc1ccc(OC)c(c1)OCC(=O)N[C@@H]1CN(Cc3nc[nH]c3C)CC[C@@H]1O2. The van der Waals surface area contributed by atoms with Crippen LogP contribution in [0.25, 0.3) is 0 Å². The van der Waals surface area contributed by atoms with Crippen molar-refractivity contribution in [1.29, 1.82) is 0 Å². The van der Waals surface area contributed by atoms with Crippen molar-refractivity contribution in [3.8, 4) is 23.0 Å². The van der Waals surface area contributed by atoms with Crippen LogP contribution in [0.5, 0.6) is 23.0 Å². The lowest BCUT2D eigenvalue weighted by atomic mass is 10.0. The number of carbonyl (C=O) groups excluding carboxylic acids is 2. The Morgan fingerprint density at radius 2 is 1.90 bits per heavy atom. The third kappa shape index (κ3) is 7.10. The maximum atomic E-state index is 13.2. The normalized spacial score (nSPS) is 20.3. The van der Waals surface area contributed by atoms with Gasteiger partial charge in [-0.25, -0.2) is 4.98 Å². The number of methoxy groups -OCH3 is 2. The fourth-order valence-electron chi connectivity index (χ4n) is 5.22. The highest BCUT2D eigenvalue weighted by molar-refractivity contribution is 5.78. The molecule has 3 aromatic rings. The molecule has 218 valence electrons. The Morgan fingerprint density at radius 1 is 1.05 bits per heavy atom. The third-order valence-electron chi connectivity index (χ3n) is 7.54. The molecule has 0 saturated carbocycles. The van der Waals surface area contributed by atoms with Crippen LogP contribution in [0, 0.1) is 6.92 Å². The number of carbonyl (C=O) groups is 2. The first-order valence-electron chi connectivity index (χ1n) is 13.8. The zero-order valence-corrected chi connectivity index (χ0v) is 23.7. The van der Waals surface area contributed by atoms with Crippen LogP contribution in [-0.4, -0.2) is 72.7 Å². The van der Waals surface area contributed by atoms with Crippen LogP contribution in [0.4, 0.5) is 0 Å². The topological polar surface area (TPSA) is 127 Å². The lowest BCUT2D eigenvalue weighted by molar-refractivity contribution is -0.125. The summed E-state index contributed by atoms with van der Waals surface area (Å²) in [5, 5.41) is 6.12. The van der Waals surface area contributed by atoms with Gasteiger partial charge in [-0.3, -0.25) is 14.5 Å². The Kier molecular flexibility index (Phi) is 8.93. The summed E-state index contributed by atoms with van der Waals surface area (Å²) >= 11 is 0. The maximum absolute atomic E-state index is 13.2. The lowest BCUT2D eigenvalue weighted by Gasteiger charge is -2.38. The molecular formula is C30H37N5O6. The predicted molar refractivity (Wildman–Crippen MR) is 151 cm³/mol. The molecule has 1 fully saturated rings. The van der Waals surface area contributed by atoms with E-state index < -0.39 is 0 Å². The number of aryl methyl sites for hydroxylation is 2. The minimum atomic E-state index is -0.292. The van der Waals surface area contributed by atoms with Gasteiger partial charge < -0.3 is 34.6 Å². The average Bonchev–Trinajstić information content (AvgIpc) is 3.38. The first-order chi connectivity index (χ1) is 19.9. The van der Waals surface area contributed by atoms with E-state index in [0.717, 1.165) is 29.1 Å². The molecule has 0 aliphatic carbocycles. The summed E-state index contributed by atoms with van der Waals surface area (Å²) in [4.78, 5) is 35.6. The summed E-state index contributed by atoms with van der Waals surface area (Å²) in [5.41, 5.74) is 3.76. The molecule has 2 aromatic carbocycles. The standard InChI is InChI=1S/C30H37N5O6/c1-19-23(33-18-32-19)15-35-11-10-25-24(16-35)34-30(37)17-40-28-12-20(4-8-26(28)38-2)5-9-29(36)31-14-21-6-7-22(41-25)13-27(21)39-3/h4,6-8,12-13,18,24-25H,5,9-11,14-17H2,1-3H3,(H,31,36)(H,32,33)(H,34,37)/t24-,25+/m1/s1. The Morgan fingerprint density at radius 3 is 2.68 bits per heavy atom. The fraction of sp³-hybridized carbons (Fsp3) is 0.433. The second-order valence-corrected chi connectivity index (χ2v) is 10.4. The summed E-state index contributed by atoms with van der Waals surface area (Å²) < 4.78 is 23.4. The summed E-state index contributed by atoms with van der Waals surface area (Å²) in [6.45, 7) is 4.19. The highest BCUT2D eigenvalue weighted by Crippen LogP contribution is 2.30. The van der Waals surface area contributed by atoms with Gasteiger partial charge in [0.2, 0.25) is 5.91 Å². The van der Waals surface area contributed by atoms with E-state index in [1.807, 2.05) is 37.3 Å². The van der Waals surface area contributed by atoms with Gasteiger partial charge in [0.15, 0.2) is 18.1 Å². The quantitative estimate of drug-likeness (QED) is 0.442. The fourth-order valence-corrected chi connectivity index (χ4v) is 5.22. The number of benzene rings is 2. The van der Waals surface area contributed by atoms with Gasteiger partial charge >= 0.3 is 0 Å². The third-order valence-corrected chi connectivity index (χ3v) is 7.54. The number of fused-ring (bicyclic) bond motifs is 9. The van der Waals surface area contributed by atoms with E-state index in [1.165, 1.54) is 0 Å². The molecule has 1 saturated heterocycles. The van der Waals surface area contributed by atoms with E-state index in [-0.39, 0.29) is 30.6 Å². The van der Waals surface area contributed by atoms with Gasteiger partial charge in [-0.2, -0.15) is 0 Å². The average molecular weight is 564 g/mol. The van der Waals surface area contributed by atoms with Gasteiger partial charge in [-0.1, -0.05) is 6.07 Å². The Labute approximate surface area is 239 Å². The number of rotatable bonds is 4. The number of amides is 2. The van der Waals surface area contributed by atoms with Crippen LogP contribution in [-0.2, 0) is 29.1 Å². The number of aromatic amines is 1. The molecule has 2 atom stereocenters. The van der Waals surface area contributed by atoms with E-state index in [2.05, 4.69) is 25.5 Å². The van der Waals surface area contributed by atoms with Crippen molar-refractivity contribution in [1.82, 2.24) is 25.5 Å². The number of H-pyrrole nitrogens is 1. The molecule has 4 bridgehead atoms. The summed E-state index contributed by atoms with van der Waals surface area (Å²) in [5.74, 6) is 1.88. The van der Waals surface area contributed by atoms with Crippen molar-refractivity contribution in [3.05, 3.63) is 65.2 Å². The highest BCUT2D eigenvalue weighted by atomic mass is 16.5. The number of hydrogen-bond acceptors (Lipinski definition) is 8. The lowest BCUT2D eigenvalue weighted by Crippen LogP contribution is -2.57. The number of piperidine rings is 1. The molecule has 11 nitrogen and oxygen atoms in total. The molecule has 6 rings (SSSR count). The monoisotopic (exact) mass is 563 g/mol. The van der Waals surface area contributed by atoms with Crippen LogP contribution in [0.15, 0.2) is 42.7 Å². The molecule has 11 heteroatoms. The molecule has 0 spiro atoms. The van der Waals surface area contributed by atoms with Crippen molar-refractivity contribution in [2.45, 2.75) is 51.4 Å². The first-order valence-corrected chi connectivity index (χ1v) is 13.8. The van der Waals surface area contributed by atoms with Crippen molar-refractivity contribution >= 4 is 11.8 Å². The molecule has 3 aliphatic heterocycles. The minimum absolute atomic E-state index is 0.0809. The first kappa shape index (κ1) is 28.3. The van der Waals surface area contributed by atoms with Gasteiger partial charge in [-0.05, 0) is 49.6 Å². The molecule has 0 unspecified atom stereocenters. The summed E-state index contributed by atoms with van der Waals surface area (Å²) in [6, 6.07) is 10.8. The van der Waals surface area contributed by atoms with Crippen molar-refractivity contribution in [2.24, 2.45) is 0 Å². The molecular weight excluding hydrogens is 526 g/mol. The zero-order chi connectivity index (χ0) is 28.8. The molecule has 2 amide bonds. The molecule has 3 N–H and O–H groups in total. The Balaban J connectivity index is 1.40. The van der Waals surface area contributed by atoms with Crippen molar-refractivity contribution in [3.63, 3.8) is 0 Å². The molecule has 3 aliphatic rings. The minimum Gasteiger partial charge on any atom is -0.496 e. The number of imidazole rings is 1. The van der Waals surface area contributed by atoms with Crippen LogP contribution >= 0.6 is 0 Å². The van der Waals surface area contributed by atoms with Crippen molar-refractivity contribution < 1.29 is 28.5 Å². The molecule has 41 heavy (non-hydrogen) atoms.